The van der Waals surface area contributed by atoms with Gasteiger partial charge in [0.1, 0.15) is 11.1 Å². The van der Waals surface area contributed by atoms with Gasteiger partial charge in [-0.15, -0.1) is 0 Å². The van der Waals surface area contributed by atoms with E-state index in [2.05, 4.69) is 10.5 Å². The van der Waals surface area contributed by atoms with Crippen LogP contribution in [-0.4, -0.2) is 12.7 Å². The van der Waals surface area contributed by atoms with E-state index in [1.165, 1.54) is 0 Å². The van der Waals surface area contributed by atoms with Crippen molar-refractivity contribution >= 4 is 6.09 Å². The summed E-state index contributed by atoms with van der Waals surface area (Å²) in [5, 5.41) is 0. The van der Waals surface area contributed by atoms with Crippen molar-refractivity contribution in [2.45, 2.75) is 6.92 Å². The van der Waals surface area contributed by atoms with Crippen molar-refractivity contribution in [3.63, 3.8) is 0 Å². The van der Waals surface area contributed by atoms with Crippen LogP contribution in [0.2, 0.25) is 0 Å². The van der Waals surface area contributed by atoms with Gasteiger partial charge in [0.25, 0.3) is 0 Å². The van der Waals surface area contributed by atoms with Crippen LogP contribution in [0.4, 0.5) is 4.79 Å². The number of hydrogen-bond donors (Lipinski definition) is 3. The molecule has 0 heterocycles. The molecule has 0 aromatic rings. The van der Waals surface area contributed by atoms with Crippen LogP contribution in [0, 0.1) is 11.1 Å². The van der Waals surface area contributed by atoms with Gasteiger partial charge in [-0.2, -0.15) is 0 Å². The van der Waals surface area contributed by atoms with Crippen LogP contribution in [0.3, 0.4) is 0 Å². The Bertz CT molecular complexity index is 106. The van der Waals surface area contributed by atoms with E-state index in [9.17, 15) is 4.79 Å². The Labute approximate surface area is 52.0 Å². The fourth-order valence-corrected chi connectivity index (χ4v) is 0.142. The lowest BCUT2D eigenvalue weighted by atomic mass is 10.9. The van der Waals surface area contributed by atoms with E-state index in [0.717, 1.165) is 0 Å². The third-order valence-electron chi connectivity index (χ3n) is 0.287. The van der Waals surface area contributed by atoms with Crippen molar-refractivity contribution in [3.05, 3.63) is 0 Å². The lowest BCUT2D eigenvalue weighted by Gasteiger charge is -1.89. The first-order valence-electron chi connectivity index (χ1n) is 2.14. The zero-order chi connectivity index (χ0) is 7.70. The minimum absolute atomic E-state index is 0.356. The number of ether oxygens (including phenoxy) is 1. The number of nitrogens with one attached hydrogen (secondary N) is 2. The number of rotatable bonds is 1. The maximum atomic E-state index is 9.60. The molecular weight excluding hydrogens is 124 g/mol. The number of primary amides is 1. The molecule has 0 saturated heterocycles. The van der Waals surface area contributed by atoms with Gasteiger partial charge in [0.15, 0.2) is 0 Å². The summed E-state index contributed by atoms with van der Waals surface area (Å²) < 4.78 is 4.18. The van der Waals surface area contributed by atoms with Crippen LogP contribution in [0.15, 0.2) is 0 Å². The molecule has 6 heteroatoms. The summed E-state index contributed by atoms with van der Waals surface area (Å²) in [6.45, 7) is 2.06. The quantitative estimate of drug-likeness (QED) is 0.350. The monoisotopic (exact) mass is 133 g/mol. The van der Waals surface area contributed by atoms with Gasteiger partial charge in [-0.3, -0.25) is 0 Å². The summed E-state index contributed by atoms with van der Waals surface area (Å²) in [5.74, 6) is 0. The zero-order valence-electron chi connectivity index (χ0n) is 5.05. The normalized spacial score (nSPS) is 5.89. The van der Waals surface area contributed by atoms with Gasteiger partial charge in [-0.05, 0) is 6.92 Å². The number of nitrogens with zero attached hydrogens (tertiary/aromatic N) is 1. The molecule has 9 heavy (non-hydrogen) atoms. The molecule has 0 aliphatic heterocycles. The van der Waals surface area contributed by atoms with E-state index in [1.54, 1.807) is 6.92 Å². The second kappa shape index (κ2) is 9.77. The van der Waals surface area contributed by atoms with Crippen molar-refractivity contribution in [2.24, 2.45) is 5.73 Å². The molecule has 0 atom stereocenters. The molecule has 0 radical (unpaired) electrons. The van der Waals surface area contributed by atoms with E-state index in [0.29, 0.717) is 6.61 Å². The average molecular weight is 133 g/mol. The average Bonchev–Trinajstić information content (AvgIpc) is 1.67. The van der Waals surface area contributed by atoms with Gasteiger partial charge >= 0.3 is 6.09 Å². The molecule has 0 bridgehead atoms. The molecule has 0 rings (SSSR count). The molecule has 0 fully saturated rings. The van der Waals surface area contributed by atoms with Crippen LogP contribution in [-0.2, 0) is 4.74 Å². The predicted molar refractivity (Wildman–Crippen MR) is 28.8 cm³/mol. The third kappa shape index (κ3) is 55.3. The number of amides is 1. The van der Waals surface area contributed by atoms with Crippen molar-refractivity contribution < 1.29 is 9.53 Å². The first kappa shape index (κ1) is 10.5. The zero-order valence-corrected chi connectivity index (χ0v) is 5.05. The van der Waals surface area contributed by atoms with Crippen LogP contribution >= 0.6 is 0 Å². The standard InChI is InChI=1S/C3H7NO2.H2N3/c1-2-6-3(4)5;1-3-2/h2H2,1H3,(H2,4,5);1-2H/q;+1. The lowest BCUT2D eigenvalue weighted by molar-refractivity contribution is 0.163. The first-order valence-corrected chi connectivity index (χ1v) is 2.14. The molecule has 52 valence electrons. The van der Waals surface area contributed by atoms with Gasteiger partial charge in [-0.1, -0.05) is 0 Å². The smallest absolute Gasteiger partial charge is 0.404 e. The van der Waals surface area contributed by atoms with E-state index < -0.39 is 6.09 Å². The fraction of sp³-hybridized carbons (Fsp3) is 0.667. The second-order valence-corrected chi connectivity index (χ2v) is 0.864. The molecule has 6 nitrogen and oxygen atoms in total. The summed E-state index contributed by atoms with van der Waals surface area (Å²) in [5.41, 5.74) is 15.5. The van der Waals surface area contributed by atoms with E-state index in [1.807, 2.05) is 4.91 Å². The highest BCUT2D eigenvalue weighted by molar-refractivity contribution is 5.64. The van der Waals surface area contributed by atoms with Crippen LogP contribution < -0.4 is 10.6 Å². The van der Waals surface area contributed by atoms with Gasteiger partial charge in [0.2, 0.25) is 4.91 Å². The van der Waals surface area contributed by atoms with Crippen LogP contribution in [0.1, 0.15) is 6.92 Å². The van der Waals surface area contributed by atoms with Gasteiger partial charge < -0.3 is 10.5 Å². The van der Waals surface area contributed by atoms with E-state index >= 15 is 0 Å². The van der Waals surface area contributed by atoms with Crippen molar-refractivity contribution in [1.29, 1.82) is 11.1 Å². The maximum Gasteiger partial charge on any atom is 0.404 e. The minimum Gasteiger partial charge on any atom is -0.450 e. The molecule has 0 saturated carbocycles. The largest absolute Gasteiger partial charge is 0.450 e. The number of carbonyl (C=O) groups excluding carboxylic acids is 1. The van der Waals surface area contributed by atoms with E-state index in [-0.39, 0.29) is 0 Å². The minimum atomic E-state index is -0.711. The molecular formula is C3H9N4O2+. The molecule has 0 unspecified atom stereocenters. The topological polar surface area (TPSA) is 114 Å². The van der Waals surface area contributed by atoms with Crippen LogP contribution in [0.5, 0.6) is 0 Å². The van der Waals surface area contributed by atoms with Gasteiger partial charge in [0.05, 0.1) is 6.61 Å². The highest BCUT2D eigenvalue weighted by Crippen LogP contribution is 1.66. The molecule has 0 aliphatic carbocycles. The van der Waals surface area contributed by atoms with Gasteiger partial charge in [0, 0.05) is 0 Å². The van der Waals surface area contributed by atoms with Crippen molar-refractivity contribution in [2.75, 3.05) is 6.61 Å². The Balaban J connectivity index is 0. The SMILES string of the molecule is CCOC(N)=O.N=[N+]=N. The van der Waals surface area contributed by atoms with Crippen molar-refractivity contribution in [3.8, 4) is 0 Å². The summed E-state index contributed by atoms with van der Waals surface area (Å²) >= 11 is 0. The summed E-state index contributed by atoms with van der Waals surface area (Å²) in [6, 6.07) is 0. The molecule has 0 aromatic heterocycles. The highest BCUT2D eigenvalue weighted by atomic mass is 16.5. The molecule has 1 amide bonds. The summed E-state index contributed by atoms with van der Waals surface area (Å²) in [7, 11) is 0. The van der Waals surface area contributed by atoms with Crippen molar-refractivity contribution in [1.82, 2.24) is 4.91 Å². The predicted octanol–water partition coefficient (Wildman–Crippen LogP) is 0.217. The van der Waals surface area contributed by atoms with Gasteiger partial charge in [-0.25, -0.2) is 4.79 Å². The Morgan fingerprint density at radius 2 is 2.11 bits per heavy atom. The molecule has 0 aliphatic rings. The Hall–Kier alpha value is -1.42. The Morgan fingerprint density at radius 1 is 1.78 bits per heavy atom. The molecule has 0 aromatic carbocycles. The Morgan fingerprint density at radius 3 is 2.11 bits per heavy atom. The molecule has 0 spiro atoms. The number of nitrogens with two attached hydrogens (primary N) is 1. The summed E-state index contributed by atoms with van der Waals surface area (Å²) in [6.07, 6.45) is -0.711. The highest BCUT2D eigenvalue weighted by Gasteiger charge is 1.82. The summed E-state index contributed by atoms with van der Waals surface area (Å²) in [4.78, 5) is 11.6. The first-order chi connectivity index (χ1) is 4.18. The maximum absolute atomic E-state index is 9.60. The Kier molecular flexibility index (Phi) is 11.4. The fourth-order valence-electron chi connectivity index (χ4n) is 0.142. The van der Waals surface area contributed by atoms with E-state index in [4.69, 9.17) is 11.1 Å². The molecule has 4 N–H and O–H groups in total. The third-order valence-corrected chi connectivity index (χ3v) is 0.287. The van der Waals surface area contributed by atoms with Crippen LogP contribution in [0.25, 0.3) is 0 Å². The number of carbonyl (C=O) groups is 1. The lowest BCUT2D eigenvalue weighted by Crippen LogP contribution is -2.11. The second-order valence-electron chi connectivity index (χ2n) is 0.864. The number of hydrogen-bond acceptors (Lipinski definition) is 4.